The highest BCUT2D eigenvalue weighted by Gasteiger charge is 2.25. The molecule has 2 heterocycles. The summed E-state index contributed by atoms with van der Waals surface area (Å²) in [6.07, 6.45) is 4.26. The monoisotopic (exact) mass is 306 g/mol. The maximum atomic E-state index is 12.0. The lowest BCUT2D eigenvalue weighted by Crippen LogP contribution is -2.43. The minimum Gasteiger partial charge on any atom is -0.478 e. The van der Waals surface area contributed by atoms with Crippen LogP contribution in [-0.2, 0) is 5.54 Å². The lowest BCUT2D eigenvalue weighted by molar-refractivity contribution is 0.0696. The lowest BCUT2D eigenvalue weighted by atomic mass is 10.1. The predicted octanol–water partition coefficient (Wildman–Crippen LogP) is 2.29. The first kappa shape index (κ1) is 14.9. The summed E-state index contributed by atoms with van der Waals surface area (Å²) in [7, 11) is 0. The van der Waals surface area contributed by atoms with Crippen LogP contribution in [0, 0.1) is 0 Å². The second-order valence-corrected chi connectivity index (χ2v) is 5.70. The van der Waals surface area contributed by atoms with Gasteiger partial charge in [0.25, 0.3) is 0 Å². The third-order valence-corrected chi connectivity index (χ3v) is 3.73. The number of pyridine rings is 1. The van der Waals surface area contributed by atoms with Crippen LogP contribution in [0.3, 0.4) is 0 Å². The minimum atomic E-state index is -1.10. The molecular weight excluding hydrogens is 292 g/mol. The first-order valence-electron chi connectivity index (χ1n) is 6.06. The average Bonchev–Trinajstić information content (AvgIpc) is 2.92. The number of nitrogens with zero attached hydrogens (tertiary/aromatic N) is 2. The van der Waals surface area contributed by atoms with Gasteiger partial charge in [0.15, 0.2) is 0 Å². The molecule has 0 bridgehead atoms. The van der Waals surface area contributed by atoms with E-state index in [0.717, 1.165) is 5.01 Å². The van der Waals surface area contributed by atoms with E-state index in [0.29, 0.717) is 5.69 Å². The van der Waals surface area contributed by atoms with Gasteiger partial charge in [-0.3, -0.25) is 4.98 Å². The minimum absolute atomic E-state index is 0.00647. The molecule has 2 amide bonds. The molecule has 2 aromatic rings. The Hall–Kier alpha value is -2.48. The van der Waals surface area contributed by atoms with Crippen molar-refractivity contribution in [3.8, 4) is 0 Å². The van der Waals surface area contributed by atoms with Gasteiger partial charge in [-0.1, -0.05) is 0 Å². The molecule has 2 rings (SSSR count). The maximum absolute atomic E-state index is 12.0. The van der Waals surface area contributed by atoms with Crippen LogP contribution in [-0.4, -0.2) is 27.1 Å². The van der Waals surface area contributed by atoms with Gasteiger partial charge in [-0.15, -0.1) is 11.3 Å². The van der Waals surface area contributed by atoms with Gasteiger partial charge in [-0.05, 0) is 19.9 Å². The van der Waals surface area contributed by atoms with E-state index in [1.807, 2.05) is 19.2 Å². The lowest BCUT2D eigenvalue weighted by Gasteiger charge is -2.23. The molecule has 0 aliphatic carbocycles. The summed E-state index contributed by atoms with van der Waals surface area (Å²) in [6, 6.07) is 0.880. The van der Waals surface area contributed by atoms with Gasteiger partial charge in [0.1, 0.15) is 5.01 Å². The number of carboxylic acid groups (broad SMARTS) is 1. The number of hydrogen-bond donors (Lipinski definition) is 3. The molecule has 8 heteroatoms. The Morgan fingerprint density at radius 1 is 1.33 bits per heavy atom. The highest BCUT2D eigenvalue weighted by atomic mass is 32.1. The first-order valence-corrected chi connectivity index (χ1v) is 6.94. The molecule has 7 nitrogen and oxygen atoms in total. The molecule has 2 aromatic heterocycles. The topological polar surface area (TPSA) is 104 Å². The van der Waals surface area contributed by atoms with Crippen molar-refractivity contribution in [2.75, 3.05) is 5.32 Å². The Labute approximate surface area is 125 Å². The number of aromatic nitrogens is 2. The zero-order valence-corrected chi connectivity index (χ0v) is 12.3. The van der Waals surface area contributed by atoms with Crippen molar-refractivity contribution < 1.29 is 14.7 Å². The van der Waals surface area contributed by atoms with E-state index in [4.69, 9.17) is 5.11 Å². The molecule has 110 valence electrons. The number of nitrogens with one attached hydrogen (secondary N) is 2. The molecule has 0 unspecified atom stereocenters. The van der Waals surface area contributed by atoms with Crippen molar-refractivity contribution in [3.63, 3.8) is 0 Å². The number of carbonyl (C=O) groups is 2. The fourth-order valence-corrected chi connectivity index (χ4v) is 2.38. The predicted molar refractivity (Wildman–Crippen MR) is 78.5 cm³/mol. The number of aromatic carboxylic acids is 1. The van der Waals surface area contributed by atoms with E-state index >= 15 is 0 Å². The van der Waals surface area contributed by atoms with E-state index in [9.17, 15) is 9.59 Å². The maximum Gasteiger partial charge on any atom is 0.337 e. The highest BCUT2D eigenvalue weighted by molar-refractivity contribution is 7.09. The van der Waals surface area contributed by atoms with Crippen LogP contribution in [0.1, 0.15) is 29.2 Å². The molecule has 0 radical (unpaired) electrons. The molecule has 0 aliphatic rings. The quantitative estimate of drug-likeness (QED) is 0.804. The molecule has 3 N–H and O–H groups in total. The number of carboxylic acids is 1. The Kier molecular flexibility index (Phi) is 4.18. The Morgan fingerprint density at radius 3 is 2.71 bits per heavy atom. The molecule has 0 aliphatic heterocycles. The van der Waals surface area contributed by atoms with Gasteiger partial charge in [0.05, 0.1) is 23.0 Å². The zero-order chi connectivity index (χ0) is 15.5. The number of anilines is 1. The van der Waals surface area contributed by atoms with Crippen LogP contribution < -0.4 is 10.6 Å². The van der Waals surface area contributed by atoms with Crippen molar-refractivity contribution in [2.24, 2.45) is 0 Å². The standard InChI is InChI=1S/C13H14N4O3S/c1-13(2,11-15-3-4-21-11)17-12(20)16-9-5-8(10(18)19)6-14-7-9/h3-7H,1-2H3,(H,18,19)(H2,16,17,20). The number of amides is 2. The summed E-state index contributed by atoms with van der Waals surface area (Å²) < 4.78 is 0. The Balaban J connectivity index is 2.05. The fraction of sp³-hybridized carbons (Fsp3) is 0.231. The summed E-state index contributed by atoms with van der Waals surface area (Å²) in [5.41, 5.74) is -0.315. The normalized spacial score (nSPS) is 11.0. The Morgan fingerprint density at radius 2 is 2.10 bits per heavy atom. The highest BCUT2D eigenvalue weighted by Crippen LogP contribution is 2.22. The number of rotatable bonds is 4. The van der Waals surface area contributed by atoms with Crippen LogP contribution in [0.15, 0.2) is 30.0 Å². The van der Waals surface area contributed by atoms with E-state index in [2.05, 4.69) is 20.6 Å². The van der Waals surface area contributed by atoms with E-state index in [1.54, 1.807) is 6.20 Å². The number of hydrogen-bond acceptors (Lipinski definition) is 5. The number of urea groups is 1. The summed E-state index contributed by atoms with van der Waals surface area (Å²) in [4.78, 5) is 30.8. The summed E-state index contributed by atoms with van der Waals surface area (Å²) >= 11 is 1.44. The van der Waals surface area contributed by atoms with Crippen LogP contribution >= 0.6 is 11.3 Å². The van der Waals surface area contributed by atoms with Crippen LogP contribution in [0.4, 0.5) is 10.5 Å². The van der Waals surface area contributed by atoms with Crippen molar-refractivity contribution >= 4 is 29.0 Å². The molecule has 0 saturated carbocycles. The van der Waals surface area contributed by atoms with E-state index < -0.39 is 17.5 Å². The number of carbonyl (C=O) groups excluding carboxylic acids is 1. The van der Waals surface area contributed by atoms with Gasteiger partial charge >= 0.3 is 12.0 Å². The number of thiazole rings is 1. The van der Waals surface area contributed by atoms with Gasteiger partial charge in [-0.2, -0.15) is 0 Å². The average molecular weight is 306 g/mol. The third kappa shape index (κ3) is 3.76. The van der Waals surface area contributed by atoms with Gasteiger partial charge in [0, 0.05) is 17.8 Å². The molecule has 0 atom stereocenters. The fourth-order valence-electron chi connectivity index (χ4n) is 1.66. The largest absolute Gasteiger partial charge is 0.478 e. The smallest absolute Gasteiger partial charge is 0.337 e. The Bertz CT molecular complexity index is 655. The van der Waals surface area contributed by atoms with Gasteiger partial charge in [-0.25, -0.2) is 14.6 Å². The van der Waals surface area contributed by atoms with Crippen LogP contribution in [0.2, 0.25) is 0 Å². The second-order valence-electron chi connectivity index (χ2n) is 4.81. The molecular formula is C13H14N4O3S. The summed E-state index contributed by atoms with van der Waals surface area (Å²) in [6.45, 7) is 3.66. The van der Waals surface area contributed by atoms with E-state index in [1.165, 1.54) is 29.8 Å². The van der Waals surface area contributed by atoms with Gasteiger partial charge in [0.2, 0.25) is 0 Å². The van der Waals surface area contributed by atoms with Crippen molar-refractivity contribution in [1.29, 1.82) is 0 Å². The SMILES string of the molecule is CC(C)(NC(=O)Nc1cncc(C(=O)O)c1)c1nccs1. The van der Waals surface area contributed by atoms with Crippen molar-refractivity contribution in [1.82, 2.24) is 15.3 Å². The van der Waals surface area contributed by atoms with Crippen LogP contribution in [0.5, 0.6) is 0 Å². The third-order valence-electron chi connectivity index (χ3n) is 2.64. The van der Waals surface area contributed by atoms with E-state index in [-0.39, 0.29) is 5.56 Å². The summed E-state index contributed by atoms with van der Waals surface area (Å²) in [5.74, 6) is -1.10. The second kappa shape index (κ2) is 5.88. The molecule has 0 spiro atoms. The molecule has 21 heavy (non-hydrogen) atoms. The van der Waals surface area contributed by atoms with Crippen molar-refractivity contribution in [2.45, 2.75) is 19.4 Å². The summed E-state index contributed by atoms with van der Waals surface area (Å²) in [5, 5.41) is 16.8. The molecule has 0 saturated heterocycles. The zero-order valence-electron chi connectivity index (χ0n) is 11.5. The molecule has 0 fully saturated rings. The first-order chi connectivity index (χ1) is 9.88. The van der Waals surface area contributed by atoms with Gasteiger partial charge < -0.3 is 15.7 Å². The van der Waals surface area contributed by atoms with Crippen molar-refractivity contribution in [3.05, 3.63) is 40.6 Å². The molecule has 0 aromatic carbocycles. The van der Waals surface area contributed by atoms with Crippen LogP contribution in [0.25, 0.3) is 0 Å².